The maximum Gasteiger partial charge on any atom is 0.128 e. The molecule has 1 unspecified atom stereocenters. The van der Waals surface area contributed by atoms with E-state index in [9.17, 15) is 8.78 Å². The van der Waals surface area contributed by atoms with Gasteiger partial charge in [0, 0.05) is 38.7 Å². The highest BCUT2D eigenvalue weighted by Crippen LogP contribution is 2.36. The zero-order chi connectivity index (χ0) is 13.2. The van der Waals surface area contributed by atoms with E-state index in [1.807, 2.05) is 0 Å². The monoisotopic (exact) mass is 257 g/mol. The molecule has 2 N–H and O–H groups in total. The van der Waals surface area contributed by atoms with Gasteiger partial charge in [-0.15, -0.1) is 0 Å². The molecule has 2 rings (SSSR count). The molecule has 5 heteroatoms. The van der Waals surface area contributed by atoms with Gasteiger partial charge in [-0.1, -0.05) is 0 Å². The molecule has 18 heavy (non-hydrogen) atoms. The quantitative estimate of drug-likeness (QED) is 0.902. The van der Waals surface area contributed by atoms with Crippen LogP contribution in [0.25, 0.3) is 0 Å². The lowest BCUT2D eigenvalue weighted by atomic mass is 9.82. The van der Waals surface area contributed by atoms with Gasteiger partial charge in [-0.3, -0.25) is 0 Å². The molecule has 0 amide bonds. The molecule has 0 bridgehead atoms. The molecule has 0 aromatic heterocycles. The Morgan fingerprint density at radius 3 is 2.61 bits per heavy atom. The number of ether oxygens (including phenoxy) is 2. The van der Waals surface area contributed by atoms with Crippen molar-refractivity contribution in [3.63, 3.8) is 0 Å². The highest BCUT2D eigenvalue weighted by atomic mass is 19.1. The van der Waals surface area contributed by atoms with Gasteiger partial charge in [-0.05, 0) is 18.2 Å². The predicted octanol–water partition coefficient (Wildman–Crippen LogP) is 2.16. The van der Waals surface area contributed by atoms with Crippen LogP contribution in [-0.2, 0) is 9.47 Å². The van der Waals surface area contributed by atoms with E-state index in [4.69, 9.17) is 15.2 Å². The van der Waals surface area contributed by atoms with Crippen LogP contribution < -0.4 is 5.73 Å². The Hall–Kier alpha value is -1.04. The first-order valence-corrected chi connectivity index (χ1v) is 5.92. The molecule has 1 aromatic carbocycles. The Bertz CT molecular complexity index is 419. The van der Waals surface area contributed by atoms with Crippen LogP contribution in [0.3, 0.4) is 0 Å². The van der Waals surface area contributed by atoms with Crippen LogP contribution in [-0.4, -0.2) is 25.9 Å². The van der Waals surface area contributed by atoms with Crippen molar-refractivity contribution in [3.8, 4) is 0 Å². The summed E-state index contributed by atoms with van der Waals surface area (Å²) in [6.45, 7) is 1.02. The van der Waals surface area contributed by atoms with Crippen LogP contribution in [0.15, 0.2) is 18.2 Å². The summed E-state index contributed by atoms with van der Waals surface area (Å²) in [4.78, 5) is 0. The average Bonchev–Trinajstić information content (AvgIpc) is 2.41. The minimum Gasteiger partial charge on any atom is -0.381 e. The average molecular weight is 257 g/mol. The highest BCUT2D eigenvalue weighted by molar-refractivity contribution is 5.25. The number of methoxy groups -OCH3 is 1. The van der Waals surface area contributed by atoms with Gasteiger partial charge in [0.2, 0.25) is 0 Å². The lowest BCUT2D eigenvalue weighted by Gasteiger charge is -2.40. The second-order valence-electron chi connectivity index (χ2n) is 4.52. The molecular formula is C13H17F2NO2. The Labute approximate surface area is 105 Å². The van der Waals surface area contributed by atoms with E-state index in [0.29, 0.717) is 26.1 Å². The first kappa shape index (κ1) is 13.4. The third kappa shape index (κ3) is 2.39. The van der Waals surface area contributed by atoms with Crippen LogP contribution in [0.2, 0.25) is 0 Å². The lowest BCUT2D eigenvalue weighted by molar-refractivity contribution is -0.105. The van der Waals surface area contributed by atoms with E-state index in [0.717, 1.165) is 18.2 Å². The van der Waals surface area contributed by atoms with E-state index in [-0.39, 0.29) is 5.56 Å². The topological polar surface area (TPSA) is 44.5 Å². The molecule has 1 atom stereocenters. The molecule has 1 saturated heterocycles. The molecular weight excluding hydrogens is 240 g/mol. The maximum absolute atomic E-state index is 13.7. The normalized spacial score (nSPS) is 20.7. The van der Waals surface area contributed by atoms with E-state index >= 15 is 0 Å². The summed E-state index contributed by atoms with van der Waals surface area (Å²) in [5, 5.41) is 0. The van der Waals surface area contributed by atoms with Crippen molar-refractivity contribution >= 4 is 0 Å². The van der Waals surface area contributed by atoms with E-state index < -0.39 is 23.3 Å². The molecule has 1 aliphatic rings. The Balaban J connectivity index is 2.33. The number of rotatable bonds is 3. The maximum atomic E-state index is 13.7. The fraction of sp³-hybridized carbons (Fsp3) is 0.538. The zero-order valence-corrected chi connectivity index (χ0v) is 10.3. The van der Waals surface area contributed by atoms with Crippen molar-refractivity contribution in [1.82, 2.24) is 0 Å². The highest BCUT2D eigenvalue weighted by Gasteiger charge is 2.40. The molecule has 1 heterocycles. The summed E-state index contributed by atoms with van der Waals surface area (Å²) in [7, 11) is 1.54. The second kappa shape index (κ2) is 5.30. The van der Waals surface area contributed by atoms with Crippen molar-refractivity contribution in [2.75, 3.05) is 20.3 Å². The Morgan fingerprint density at radius 2 is 2.00 bits per heavy atom. The predicted molar refractivity (Wildman–Crippen MR) is 63.1 cm³/mol. The number of hydrogen-bond acceptors (Lipinski definition) is 3. The van der Waals surface area contributed by atoms with Gasteiger partial charge in [0.05, 0.1) is 11.6 Å². The van der Waals surface area contributed by atoms with Crippen LogP contribution >= 0.6 is 0 Å². The largest absolute Gasteiger partial charge is 0.381 e. The molecule has 1 aliphatic heterocycles. The SMILES string of the molecule is COC1(C(N)c2cc(F)ccc2F)CCOCC1. The summed E-state index contributed by atoms with van der Waals surface area (Å²) in [6, 6.07) is 2.60. The fourth-order valence-electron chi connectivity index (χ4n) is 2.40. The molecule has 100 valence electrons. The van der Waals surface area contributed by atoms with Gasteiger partial charge < -0.3 is 15.2 Å². The van der Waals surface area contributed by atoms with Gasteiger partial charge in [0.1, 0.15) is 11.6 Å². The smallest absolute Gasteiger partial charge is 0.128 e. The molecule has 0 spiro atoms. The van der Waals surface area contributed by atoms with Crippen LogP contribution in [0, 0.1) is 11.6 Å². The number of nitrogens with two attached hydrogens (primary N) is 1. The number of halogens is 2. The van der Waals surface area contributed by atoms with Gasteiger partial charge in [0.25, 0.3) is 0 Å². The lowest BCUT2D eigenvalue weighted by Crippen LogP contribution is -2.47. The zero-order valence-electron chi connectivity index (χ0n) is 10.3. The standard InChI is InChI=1S/C13H17F2NO2/c1-17-13(4-6-18-7-5-13)12(16)10-8-9(14)2-3-11(10)15/h2-3,8,12H,4-7,16H2,1H3. The van der Waals surface area contributed by atoms with Gasteiger partial charge in [-0.2, -0.15) is 0 Å². The minimum absolute atomic E-state index is 0.152. The third-order valence-electron chi connectivity index (χ3n) is 3.61. The summed E-state index contributed by atoms with van der Waals surface area (Å²) in [5.41, 5.74) is 5.56. The molecule has 0 radical (unpaired) electrons. The number of hydrogen-bond donors (Lipinski definition) is 1. The first-order valence-electron chi connectivity index (χ1n) is 5.92. The Morgan fingerprint density at radius 1 is 1.33 bits per heavy atom. The van der Waals surface area contributed by atoms with Gasteiger partial charge in [-0.25, -0.2) is 8.78 Å². The van der Waals surface area contributed by atoms with Crippen molar-refractivity contribution < 1.29 is 18.3 Å². The van der Waals surface area contributed by atoms with Gasteiger partial charge in [0.15, 0.2) is 0 Å². The van der Waals surface area contributed by atoms with Crippen molar-refractivity contribution in [2.45, 2.75) is 24.5 Å². The minimum atomic E-state index is -0.706. The van der Waals surface area contributed by atoms with Crippen molar-refractivity contribution in [3.05, 3.63) is 35.4 Å². The van der Waals surface area contributed by atoms with Crippen LogP contribution in [0.1, 0.15) is 24.4 Å². The van der Waals surface area contributed by atoms with Gasteiger partial charge >= 0.3 is 0 Å². The number of benzene rings is 1. The summed E-state index contributed by atoms with van der Waals surface area (Å²) in [6.07, 6.45) is 1.14. The first-order chi connectivity index (χ1) is 8.59. The summed E-state index contributed by atoms with van der Waals surface area (Å²) >= 11 is 0. The molecule has 1 aromatic rings. The summed E-state index contributed by atoms with van der Waals surface area (Å²) in [5.74, 6) is -1.01. The summed E-state index contributed by atoms with van der Waals surface area (Å²) < 4.78 is 37.7. The fourth-order valence-corrected chi connectivity index (χ4v) is 2.40. The second-order valence-corrected chi connectivity index (χ2v) is 4.52. The van der Waals surface area contributed by atoms with E-state index in [1.54, 1.807) is 7.11 Å². The molecule has 3 nitrogen and oxygen atoms in total. The van der Waals surface area contributed by atoms with Crippen molar-refractivity contribution in [2.24, 2.45) is 5.73 Å². The molecule has 0 saturated carbocycles. The van der Waals surface area contributed by atoms with E-state index in [1.165, 1.54) is 0 Å². The molecule has 1 fully saturated rings. The Kier molecular flexibility index (Phi) is 3.94. The third-order valence-corrected chi connectivity index (χ3v) is 3.61. The van der Waals surface area contributed by atoms with E-state index in [2.05, 4.69) is 0 Å². The van der Waals surface area contributed by atoms with Crippen molar-refractivity contribution in [1.29, 1.82) is 0 Å². The van der Waals surface area contributed by atoms with Crippen LogP contribution in [0.5, 0.6) is 0 Å². The van der Waals surface area contributed by atoms with Crippen LogP contribution in [0.4, 0.5) is 8.78 Å². The molecule has 0 aliphatic carbocycles.